The summed E-state index contributed by atoms with van der Waals surface area (Å²) in [5, 5.41) is 10.5. The Kier molecular flexibility index (Phi) is 4.91. The molecule has 0 saturated carbocycles. The molecule has 0 heterocycles. The molecule has 0 spiro atoms. The molecular formula is C15H23NO2. The van der Waals surface area contributed by atoms with Crippen molar-refractivity contribution >= 4 is 5.97 Å². The maximum absolute atomic E-state index is 10.5. The molecule has 1 atom stereocenters. The van der Waals surface area contributed by atoms with Crippen molar-refractivity contribution < 1.29 is 14.8 Å². The van der Waals surface area contributed by atoms with Crippen LogP contribution in [0.1, 0.15) is 38.8 Å². The predicted molar refractivity (Wildman–Crippen MR) is 70.1 cm³/mol. The molecule has 3 heteroatoms. The van der Waals surface area contributed by atoms with Crippen molar-refractivity contribution in [1.82, 2.24) is 0 Å². The summed E-state index contributed by atoms with van der Waals surface area (Å²) >= 11 is 0. The van der Waals surface area contributed by atoms with Crippen molar-refractivity contribution in [3.8, 4) is 0 Å². The monoisotopic (exact) mass is 249 g/mol. The summed E-state index contributed by atoms with van der Waals surface area (Å²) in [7, 11) is 0. The molecule has 0 aromatic heterocycles. The Hall–Kier alpha value is -1.35. The number of carbonyl (C=O) groups is 1. The zero-order valence-corrected chi connectivity index (χ0v) is 11.7. The van der Waals surface area contributed by atoms with Crippen LogP contribution in [0, 0.1) is 0 Å². The normalized spacial score (nSPS) is 13.3. The summed E-state index contributed by atoms with van der Waals surface area (Å²) < 4.78 is 0. The maximum atomic E-state index is 10.5. The van der Waals surface area contributed by atoms with Gasteiger partial charge in [0.15, 0.2) is 0 Å². The van der Waals surface area contributed by atoms with Crippen molar-refractivity contribution in [2.24, 2.45) is 0 Å². The Bertz CT molecular complexity index is 390. The van der Waals surface area contributed by atoms with E-state index in [4.69, 9.17) is 0 Å². The molecule has 0 radical (unpaired) electrons. The lowest BCUT2D eigenvalue weighted by Gasteiger charge is -2.31. The molecule has 0 fully saturated rings. The lowest BCUT2D eigenvalue weighted by molar-refractivity contribution is -0.958. The number of hydrogen-bond donors (Lipinski definition) is 1. The van der Waals surface area contributed by atoms with E-state index in [1.165, 1.54) is 10.5 Å². The van der Waals surface area contributed by atoms with E-state index in [2.05, 4.69) is 27.7 Å². The number of benzene rings is 1. The number of aliphatic carboxylic acids is 1. The summed E-state index contributed by atoms with van der Waals surface area (Å²) in [6.07, 6.45) is -0.0100. The van der Waals surface area contributed by atoms with Crippen LogP contribution in [0.4, 0.5) is 0 Å². The predicted octanol–water partition coefficient (Wildman–Crippen LogP) is 0.182. The lowest BCUT2D eigenvalue weighted by Crippen LogP contribution is -3.17. The molecule has 0 amide bonds. The van der Waals surface area contributed by atoms with E-state index in [-0.39, 0.29) is 12.0 Å². The molecule has 1 aromatic carbocycles. The third-order valence-electron chi connectivity index (χ3n) is 3.28. The summed E-state index contributed by atoms with van der Waals surface area (Å²) in [5.41, 5.74) is 2.26. The van der Waals surface area contributed by atoms with Gasteiger partial charge in [0.2, 0.25) is 0 Å². The van der Waals surface area contributed by atoms with Gasteiger partial charge in [-0.15, -0.1) is 0 Å². The molecule has 3 nitrogen and oxygen atoms in total. The first kappa shape index (κ1) is 14.7. The van der Waals surface area contributed by atoms with Gasteiger partial charge in [-0.1, -0.05) is 24.3 Å². The average molecular weight is 249 g/mol. The van der Waals surface area contributed by atoms with Crippen LogP contribution < -0.4 is 10.0 Å². The van der Waals surface area contributed by atoms with Crippen molar-refractivity contribution in [2.45, 2.75) is 46.2 Å². The molecule has 0 aliphatic rings. The van der Waals surface area contributed by atoms with E-state index in [0.717, 1.165) is 18.7 Å². The highest BCUT2D eigenvalue weighted by Gasteiger charge is 2.23. The van der Waals surface area contributed by atoms with E-state index in [1.807, 2.05) is 24.3 Å². The third kappa shape index (κ3) is 4.49. The molecule has 18 heavy (non-hydrogen) atoms. The fourth-order valence-electron chi connectivity index (χ4n) is 2.11. The van der Waals surface area contributed by atoms with Crippen LogP contribution >= 0.6 is 0 Å². The number of carboxylic acid groups (broad SMARTS) is 1. The maximum Gasteiger partial charge on any atom is 0.103 e. The molecule has 1 unspecified atom stereocenters. The van der Waals surface area contributed by atoms with E-state index in [1.54, 1.807) is 0 Å². The minimum atomic E-state index is -1.03. The van der Waals surface area contributed by atoms with Gasteiger partial charge < -0.3 is 14.8 Å². The van der Waals surface area contributed by atoms with Crippen LogP contribution in [-0.4, -0.2) is 18.1 Å². The van der Waals surface area contributed by atoms with Gasteiger partial charge in [-0.2, -0.15) is 0 Å². The highest BCUT2D eigenvalue weighted by atomic mass is 16.4. The number of nitrogens with one attached hydrogen (secondary N) is 1. The van der Waals surface area contributed by atoms with E-state index >= 15 is 0 Å². The van der Waals surface area contributed by atoms with E-state index in [9.17, 15) is 9.90 Å². The van der Waals surface area contributed by atoms with Crippen LogP contribution in [0.5, 0.6) is 0 Å². The quantitative estimate of drug-likeness (QED) is 0.809. The van der Waals surface area contributed by atoms with Crippen molar-refractivity contribution in [2.75, 3.05) is 6.54 Å². The second-order valence-electron chi connectivity index (χ2n) is 5.75. The Morgan fingerprint density at radius 3 is 2.06 bits per heavy atom. The smallest absolute Gasteiger partial charge is 0.103 e. The van der Waals surface area contributed by atoms with Gasteiger partial charge in [-0.05, 0) is 33.3 Å². The highest BCUT2D eigenvalue weighted by molar-refractivity contribution is 5.67. The van der Waals surface area contributed by atoms with Crippen molar-refractivity contribution in [3.63, 3.8) is 0 Å². The van der Waals surface area contributed by atoms with Gasteiger partial charge in [0.25, 0.3) is 0 Å². The van der Waals surface area contributed by atoms with Gasteiger partial charge in [0.1, 0.15) is 6.54 Å². The molecule has 0 saturated heterocycles. The largest absolute Gasteiger partial charge is 0.550 e. The number of hydrogen-bond acceptors (Lipinski definition) is 2. The SMILES string of the molecule is CC[NH+](Cc1ccc(CC(=O)[O-])cc1)C(C)(C)C. The first-order valence-electron chi connectivity index (χ1n) is 6.45. The standard InChI is InChI=1S/C15H23NO2/c1-5-16(15(2,3)4)11-13-8-6-12(7-9-13)10-14(17)18/h6-9H,5,10-11H2,1-4H3,(H,17,18). The van der Waals surface area contributed by atoms with Gasteiger partial charge in [-0.25, -0.2) is 0 Å². The number of rotatable bonds is 5. The molecule has 0 aliphatic carbocycles. The second-order valence-corrected chi connectivity index (χ2v) is 5.75. The van der Waals surface area contributed by atoms with Gasteiger partial charge >= 0.3 is 0 Å². The van der Waals surface area contributed by atoms with Crippen LogP contribution in [0.2, 0.25) is 0 Å². The minimum Gasteiger partial charge on any atom is -0.550 e. The summed E-state index contributed by atoms with van der Waals surface area (Å²) in [6.45, 7) is 10.9. The van der Waals surface area contributed by atoms with Crippen molar-refractivity contribution in [3.05, 3.63) is 35.4 Å². The zero-order chi connectivity index (χ0) is 13.8. The highest BCUT2D eigenvalue weighted by Crippen LogP contribution is 2.05. The van der Waals surface area contributed by atoms with Crippen LogP contribution in [0.15, 0.2) is 24.3 Å². The number of carbonyl (C=O) groups excluding carboxylic acids is 1. The van der Waals surface area contributed by atoms with E-state index < -0.39 is 5.97 Å². The fourth-order valence-corrected chi connectivity index (χ4v) is 2.11. The molecule has 1 rings (SSSR count). The first-order chi connectivity index (χ1) is 8.32. The summed E-state index contributed by atoms with van der Waals surface area (Å²) in [5.74, 6) is -1.03. The zero-order valence-electron chi connectivity index (χ0n) is 11.7. The Labute approximate surface area is 109 Å². The van der Waals surface area contributed by atoms with Crippen molar-refractivity contribution in [1.29, 1.82) is 0 Å². The lowest BCUT2D eigenvalue weighted by atomic mass is 10.0. The van der Waals surface area contributed by atoms with Crippen LogP contribution in [0.25, 0.3) is 0 Å². The molecule has 0 aliphatic heterocycles. The summed E-state index contributed by atoms with van der Waals surface area (Å²) in [6, 6.07) is 7.78. The molecular weight excluding hydrogens is 226 g/mol. The topological polar surface area (TPSA) is 44.6 Å². The Morgan fingerprint density at radius 1 is 1.17 bits per heavy atom. The molecule has 1 aromatic rings. The summed E-state index contributed by atoms with van der Waals surface area (Å²) in [4.78, 5) is 12.0. The third-order valence-corrected chi connectivity index (χ3v) is 3.28. The number of carboxylic acids is 1. The molecule has 0 bridgehead atoms. The molecule has 1 N–H and O–H groups in total. The Balaban J connectivity index is 2.71. The first-order valence-corrected chi connectivity index (χ1v) is 6.45. The van der Waals surface area contributed by atoms with Crippen LogP contribution in [-0.2, 0) is 17.8 Å². The Morgan fingerprint density at radius 2 is 1.67 bits per heavy atom. The second kappa shape index (κ2) is 6.01. The van der Waals surface area contributed by atoms with Gasteiger partial charge in [0, 0.05) is 18.0 Å². The van der Waals surface area contributed by atoms with Gasteiger partial charge in [0.05, 0.1) is 12.1 Å². The molecule has 100 valence electrons. The number of quaternary nitrogens is 1. The minimum absolute atomic E-state index is 0.0100. The van der Waals surface area contributed by atoms with E-state index in [0.29, 0.717) is 0 Å². The van der Waals surface area contributed by atoms with Gasteiger partial charge in [-0.3, -0.25) is 0 Å². The average Bonchev–Trinajstić information content (AvgIpc) is 2.25. The van der Waals surface area contributed by atoms with Crippen LogP contribution in [0.3, 0.4) is 0 Å². The fraction of sp³-hybridized carbons (Fsp3) is 0.533.